The summed E-state index contributed by atoms with van der Waals surface area (Å²) in [5.74, 6) is 0.440. The van der Waals surface area contributed by atoms with Crippen LogP contribution >= 0.6 is 11.3 Å². The van der Waals surface area contributed by atoms with E-state index in [9.17, 15) is 9.18 Å². The molecular weight excluding hydrogens is 427 g/mol. The molecular formula is C24H19FN4O2S. The van der Waals surface area contributed by atoms with Crippen molar-refractivity contribution < 1.29 is 13.7 Å². The Balaban J connectivity index is 1.61. The lowest BCUT2D eigenvalue weighted by Gasteiger charge is -2.35. The van der Waals surface area contributed by atoms with Gasteiger partial charge in [-0.15, -0.1) is 11.3 Å². The zero-order valence-electron chi connectivity index (χ0n) is 17.2. The van der Waals surface area contributed by atoms with Gasteiger partial charge in [-0.25, -0.2) is 9.18 Å². The maximum Gasteiger partial charge on any atom is 0.322 e. The first kappa shape index (κ1) is 20.1. The molecule has 0 spiro atoms. The Labute approximate surface area is 188 Å². The van der Waals surface area contributed by atoms with Crippen molar-refractivity contribution in [2.75, 3.05) is 0 Å². The minimum atomic E-state index is -0.475. The fourth-order valence-corrected chi connectivity index (χ4v) is 4.43. The molecule has 8 heteroatoms. The van der Waals surface area contributed by atoms with Crippen molar-refractivity contribution in [1.82, 2.24) is 20.4 Å². The summed E-state index contributed by atoms with van der Waals surface area (Å²) in [7, 11) is 0. The van der Waals surface area contributed by atoms with Gasteiger partial charge in [0.1, 0.15) is 5.82 Å². The first-order chi connectivity index (χ1) is 15.6. The van der Waals surface area contributed by atoms with Gasteiger partial charge in [-0.05, 0) is 30.0 Å². The quantitative estimate of drug-likeness (QED) is 0.431. The van der Waals surface area contributed by atoms with Crippen LogP contribution in [0.2, 0.25) is 0 Å². The summed E-state index contributed by atoms with van der Waals surface area (Å²) in [5.41, 5.74) is 2.62. The molecule has 160 valence electrons. The average Bonchev–Trinajstić information content (AvgIpc) is 3.50. The van der Waals surface area contributed by atoms with Crippen molar-refractivity contribution in [1.29, 1.82) is 0 Å². The molecule has 0 fully saturated rings. The number of nitrogens with zero attached hydrogens (tertiary/aromatic N) is 3. The summed E-state index contributed by atoms with van der Waals surface area (Å²) >= 11 is 1.52. The minimum Gasteiger partial charge on any atom is -0.334 e. The van der Waals surface area contributed by atoms with Crippen molar-refractivity contribution in [2.24, 2.45) is 0 Å². The highest BCUT2D eigenvalue weighted by molar-refractivity contribution is 7.13. The molecule has 0 radical (unpaired) electrons. The topological polar surface area (TPSA) is 71.3 Å². The summed E-state index contributed by atoms with van der Waals surface area (Å²) in [4.78, 5) is 20.1. The van der Waals surface area contributed by atoms with Crippen molar-refractivity contribution >= 4 is 22.9 Å². The second-order valence-electron chi connectivity index (χ2n) is 7.37. The van der Waals surface area contributed by atoms with Crippen LogP contribution in [0.25, 0.3) is 16.3 Å². The van der Waals surface area contributed by atoms with E-state index in [0.29, 0.717) is 28.5 Å². The van der Waals surface area contributed by atoms with Crippen LogP contribution < -0.4 is 5.32 Å². The van der Waals surface area contributed by atoms with E-state index < -0.39 is 6.04 Å². The average molecular weight is 447 g/mol. The molecule has 2 aromatic heterocycles. The number of nitrogens with one attached hydrogen (secondary N) is 1. The zero-order chi connectivity index (χ0) is 22.1. The Morgan fingerprint density at radius 3 is 2.62 bits per heavy atom. The normalized spacial score (nSPS) is 16.4. The summed E-state index contributed by atoms with van der Waals surface area (Å²) in [6.07, 6.45) is 0. The van der Waals surface area contributed by atoms with Gasteiger partial charge < -0.3 is 9.84 Å². The molecule has 1 aliphatic rings. The van der Waals surface area contributed by atoms with Crippen LogP contribution in [0.4, 0.5) is 9.18 Å². The molecule has 0 saturated heterocycles. The number of amides is 2. The largest absolute Gasteiger partial charge is 0.334 e. The molecule has 0 aliphatic carbocycles. The van der Waals surface area contributed by atoms with Gasteiger partial charge in [0.2, 0.25) is 5.82 Å². The standard InChI is InChI=1S/C24H19FN4O2S/c1-15-20(23-27-22(28-31-23)19-12-7-13-32-19)21(16-8-3-2-4-9-16)26-24(30)29(15)14-17-10-5-6-11-18(17)25/h2-13,21H,14H2,1H3,(H,26,30). The second kappa shape index (κ2) is 8.39. The Morgan fingerprint density at radius 1 is 1.09 bits per heavy atom. The van der Waals surface area contributed by atoms with E-state index in [0.717, 1.165) is 10.4 Å². The predicted molar refractivity (Wildman–Crippen MR) is 120 cm³/mol. The molecule has 0 saturated carbocycles. The highest BCUT2D eigenvalue weighted by Crippen LogP contribution is 2.38. The Hall–Kier alpha value is -3.78. The third kappa shape index (κ3) is 3.69. The molecule has 1 N–H and O–H groups in total. The monoisotopic (exact) mass is 446 g/mol. The van der Waals surface area contributed by atoms with Crippen LogP contribution in [0.5, 0.6) is 0 Å². The molecule has 1 unspecified atom stereocenters. The van der Waals surface area contributed by atoms with Crippen molar-refractivity contribution in [3.63, 3.8) is 0 Å². The first-order valence-corrected chi connectivity index (χ1v) is 10.9. The number of halogens is 1. The van der Waals surface area contributed by atoms with Gasteiger partial charge in [-0.3, -0.25) is 4.90 Å². The first-order valence-electron chi connectivity index (χ1n) is 10.1. The Morgan fingerprint density at radius 2 is 1.88 bits per heavy atom. The molecule has 32 heavy (non-hydrogen) atoms. The van der Waals surface area contributed by atoms with Gasteiger partial charge in [0.25, 0.3) is 5.89 Å². The van der Waals surface area contributed by atoms with Crippen LogP contribution in [-0.4, -0.2) is 21.1 Å². The molecule has 2 aromatic carbocycles. The van der Waals surface area contributed by atoms with E-state index in [1.807, 2.05) is 54.8 Å². The highest BCUT2D eigenvalue weighted by atomic mass is 32.1. The van der Waals surface area contributed by atoms with E-state index in [1.165, 1.54) is 22.3 Å². The van der Waals surface area contributed by atoms with Gasteiger partial charge in [-0.2, -0.15) is 4.98 Å². The Bertz CT molecular complexity index is 1280. The van der Waals surface area contributed by atoms with Crippen LogP contribution in [0, 0.1) is 5.82 Å². The number of thiophene rings is 1. The number of hydrogen-bond acceptors (Lipinski definition) is 5. The summed E-state index contributed by atoms with van der Waals surface area (Å²) < 4.78 is 20.0. The van der Waals surface area contributed by atoms with Crippen LogP contribution in [-0.2, 0) is 6.54 Å². The van der Waals surface area contributed by atoms with Gasteiger partial charge >= 0.3 is 6.03 Å². The Kier molecular flexibility index (Phi) is 5.28. The summed E-state index contributed by atoms with van der Waals surface area (Å²) in [5, 5.41) is 9.11. The number of carbonyl (C=O) groups is 1. The third-order valence-electron chi connectivity index (χ3n) is 5.41. The molecule has 4 aromatic rings. The van der Waals surface area contributed by atoms with Gasteiger partial charge in [-0.1, -0.05) is 59.8 Å². The van der Waals surface area contributed by atoms with E-state index in [1.54, 1.807) is 18.2 Å². The molecule has 3 heterocycles. The maximum atomic E-state index is 14.3. The second-order valence-corrected chi connectivity index (χ2v) is 8.32. The van der Waals surface area contributed by atoms with Crippen molar-refractivity contribution in [3.8, 4) is 10.7 Å². The van der Waals surface area contributed by atoms with Crippen LogP contribution in [0.1, 0.15) is 30.0 Å². The number of carbonyl (C=O) groups excluding carboxylic acids is 1. The molecule has 2 amide bonds. The van der Waals surface area contributed by atoms with Crippen LogP contribution in [0.15, 0.2) is 82.3 Å². The summed E-state index contributed by atoms with van der Waals surface area (Å²) in [6, 6.07) is 19.1. The fourth-order valence-electron chi connectivity index (χ4n) is 3.78. The van der Waals surface area contributed by atoms with E-state index >= 15 is 0 Å². The number of allylic oxidation sites excluding steroid dienone is 1. The number of aromatic nitrogens is 2. The van der Waals surface area contributed by atoms with Gasteiger partial charge in [0, 0.05) is 11.3 Å². The van der Waals surface area contributed by atoms with Crippen LogP contribution in [0.3, 0.4) is 0 Å². The summed E-state index contributed by atoms with van der Waals surface area (Å²) in [6.45, 7) is 1.90. The maximum absolute atomic E-state index is 14.3. The minimum absolute atomic E-state index is 0.0846. The predicted octanol–water partition coefficient (Wildman–Crippen LogP) is 5.63. The van der Waals surface area contributed by atoms with E-state index in [-0.39, 0.29) is 18.4 Å². The van der Waals surface area contributed by atoms with Crippen molar-refractivity contribution in [3.05, 3.63) is 101 Å². The smallest absolute Gasteiger partial charge is 0.322 e. The third-order valence-corrected chi connectivity index (χ3v) is 6.28. The molecule has 6 nitrogen and oxygen atoms in total. The van der Waals surface area contributed by atoms with E-state index in [2.05, 4.69) is 15.5 Å². The molecule has 5 rings (SSSR count). The molecule has 0 bridgehead atoms. The lowest BCUT2D eigenvalue weighted by Crippen LogP contribution is -2.45. The SMILES string of the molecule is CC1=C(c2nc(-c3cccs3)no2)C(c2ccccc2)NC(=O)N1Cc1ccccc1F. The number of rotatable bonds is 5. The molecule has 1 aliphatic heterocycles. The van der Waals surface area contributed by atoms with Crippen molar-refractivity contribution in [2.45, 2.75) is 19.5 Å². The lowest BCUT2D eigenvalue weighted by atomic mass is 9.94. The van der Waals surface area contributed by atoms with E-state index in [4.69, 9.17) is 4.52 Å². The number of hydrogen-bond donors (Lipinski definition) is 1. The molecule has 1 atom stereocenters. The lowest BCUT2D eigenvalue weighted by molar-refractivity contribution is 0.202. The fraction of sp³-hybridized carbons (Fsp3) is 0.125. The zero-order valence-corrected chi connectivity index (χ0v) is 18.0. The number of benzene rings is 2. The van der Waals surface area contributed by atoms with Gasteiger partial charge in [0.15, 0.2) is 0 Å². The highest BCUT2D eigenvalue weighted by Gasteiger charge is 2.36. The van der Waals surface area contributed by atoms with Gasteiger partial charge in [0.05, 0.1) is 23.0 Å². The number of urea groups is 1.